The average molecular weight is 234 g/mol. The van der Waals surface area contributed by atoms with Crippen molar-refractivity contribution in [3.63, 3.8) is 0 Å². The molecule has 1 aromatic rings. The Kier molecular flexibility index (Phi) is 3.76. The van der Waals surface area contributed by atoms with Crippen LogP contribution in [0.2, 0.25) is 0 Å². The van der Waals surface area contributed by atoms with Crippen LogP contribution in [0.25, 0.3) is 0 Å². The summed E-state index contributed by atoms with van der Waals surface area (Å²) in [6, 6.07) is 4.17. The Balaban J connectivity index is 3.00. The smallest absolute Gasteiger partial charge is 0.141 e. The zero-order chi connectivity index (χ0) is 13.2. The summed E-state index contributed by atoms with van der Waals surface area (Å²) in [5.41, 5.74) is 7.19. The quantitative estimate of drug-likeness (QED) is 0.622. The van der Waals surface area contributed by atoms with Gasteiger partial charge in [-0.1, -0.05) is 20.8 Å². The van der Waals surface area contributed by atoms with Crippen LogP contribution in [0, 0.1) is 10.8 Å². The van der Waals surface area contributed by atoms with Crippen LogP contribution < -0.4 is 10.6 Å². The first-order chi connectivity index (χ1) is 7.73. The van der Waals surface area contributed by atoms with E-state index in [2.05, 4.69) is 44.6 Å². The van der Waals surface area contributed by atoms with Crippen molar-refractivity contribution in [2.45, 2.75) is 33.7 Å². The van der Waals surface area contributed by atoms with Gasteiger partial charge in [0.1, 0.15) is 11.5 Å². The van der Waals surface area contributed by atoms with Gasteiger partial charge in [0.05, 0.1) is 0 Å². The number of nitrogens with two attached hydrogens (primary N) is 1. The highest BCUT2D eigenvalue weighted by atomic mass is 15.1. The predicted octanol–water partition coefficient (Wildman–Crippen LogP) is 2.24. The molecule has 1 atom stereocenters. The van der Waals surface area contributed by atoms with Gasteiger partial charge in [0.25, 0.3) is 0 Å². The predicted molar refractivity (Wildman–Crippen MR) is 72.6 cm³/mol. The largest absolute Gasteiger partial charge is 0.382 e. The number of pyridine rings is 1. The molecule has 4 heteroatoms. The average Bonchev–Trinajstić information content (AvgIpc) is 2.26. The lowest BCUT2D eigenvalue weighted by Gasteiger charge is -2.36. The maximum atomic E-state index is 7.40. The number of nitrogens with one attached hydrogen (secondary N) is 1. The number of hydrogen-bond acceptors (Lipinski definition) is 3. The molecular weight excluding hydrogens is 212 g/mol. The lowest BCUT2D eigenvalue weighted by molar-refractivity contribution is 0.329. The Morgan fingerprint density at radius 2 is 2.06 bits per heavy atom. The summed E-state index contributed by atoms with van der Waals surface area (Å²) < 4.78 is 0. The van der Waals surface area contributed by atoms with E-state index in [1.165, 1.54) is 0 Å². The molecule has 0 amide bonds. The maximum Gasteiger partial charge on any atom is 0.141 e. The summed E-state index contributed by atoms with van der Waals surface area (Å²) in [6.07, 6.45) is 1.69. The van der Waals surface area contributed by atoms with Gasteiger partial charge in [-0.05, 0) is 24.5 Å². The number of nitrogens with zero attached hydrogens (tertiary/aromatic N) is 2. The van der Waals surface area contributed by atoms with Crippen molar-refractivity contribution in [3.05, 3.63) is 24.0 Å². The fourth-order valence-electron chi connectivity index (χ4n) is 1.59. The molecule has 1 aromatic heterocycles. The molecule has 4 nitrogen and oxygen atoms in total. The van der Waals surface area contributed by atoms with Gasteiger partial charge < -0.3 is 10.6 Å². The second-order valence-corrected chi connectivity index (χ2v) is 5.47. The normalized spacial score (nSPS) is 13.2. The molecule has 0 fully saturated rings. The van der Waals surface area contributed by atoms with Crippen LogP contribution in [0.3, 0.4) is 0 Å². The van der Waals surface area contributed by atoms with Gasteiger partial charge in [0, 0.05) is 25.0 Å². The van der Waals surface area contributed by atoms with Crippen LogP contribution in [-0.4, -0.2) is 23.9 Å². The van der Waals surface area contributed by atoms with Crippen LogP contribution in [0.1, 0.15) is 33.4 Å². The van der Waals surface area contributed by atoms with Gasteiger partial charge in [-0.2, -0.15) is 0 Å². The number of nitrogen functional groups attached to an aromatic ring is 1. The van der Waals surface area contributed by atoms with Crippen LogP contribution in [0.4, 0.5) is 5.69 Å². The molecule has 0 aliphatic heterocycles. The Hall–Kier alpha value is -1.58. The summed E-state index contributed by atoms with van der Waals surface area (Å²) in [5, 5.41) is 7.40. The fourth-order valence-corrected chi connectivity index (χ4v) is 1.59. The van der Waals surface area contributed by atoms with E-state index in [4.69, 9.17) is 11.1 Å². The SMILES string of the molecule is CC(N(C)c1ccnc(C(=N)N)c1)C(C)(C)C. The van der Waals surface area contributed by atoms with E-state index < -0.39 is 0 Å². The van der Waals surface area contributed by atoms with E-state index in [1.807, 2.05) is 12.1 Å². The standard InChI is InChI=1S/C13H22N4/c1-9(13(2,3)4)17(5)10-6-7-16-11(8-10)12(14)15/h6-9H,1-5H3,(H3,14,15). The molecule has 1 heterocycles. The summed E-state index contributed by atoms with van der Waals surface area (Å²) >= 11 is 0. The molecule has 0 aliphatic rings. The minimum absolute atomic E-state index is 0.00339. The Bertz CT molecular complexity index is 406. The summed E-state index contributed by atoms with van der Waals surface area (Å²) in [7, 11) is 2.05. The molecule has 3 N–H and O–H groups in total. The first-order valence-corrected chi connectivity index (χ1v) is 5.76. The van der Waals surface area contributed by atoms with Crippen molar-refractivity contribution >= 4 is 11.5 Å². The number of rotatable bonds is 3. The van der Waals surface area contributed by atoms with Crippen molar-refractivity contribution in [1.82, 2.24) is 4.98 Å². The third kappa shape index (κ3) is 3.19. The lowest BCUT2D eigenvalue weighted by Crippen LogP contribution is -2.39. The fraction of sp³-hybridized carbons (Fsp3) is 0.538. The number of hydrogen-bond donors (Lipinski definition) is 2. The molecule has 94 valence electrons. The monoisotopic (exact) mass is 234 g/mol. The van der Waals surface area contributed by atoms with E-state index in [-0.39, 0.29) is 11.3 Å². The molecule has 0 spiro atoms. The molecule has 0 saturated heterocycles. The van der Waals surface area contributed by atoms with Gasteiger partial charge in [0.2, 0.25) is 0 Å². The second kappa shape index (κ2) is 4.73. The van der Waals surface area contributed by atoms with Gasteiger partial charge in [0.15, 0.2) is 0 Å². The van der Waals surface area contributed by atoms with Crippen LogP contribution in [0.15, 0.2) is 18.3 Å². The molecule has 0 aromatic carbocycles. The number of aromatic nitrogens is 1. The summed E-state index contributed by atoms with van der Waals surface area (Å²) in [5.74, 6) is 0.00339. The van der Waals surface area contributed by atoms with E-state index in [9.17, 15) is 0 Å². The molecule has 0 radical (unpaired) electrons. The Morgan fingerprint density at radius 3 is 2.53 bits per heavy atom. The highest BCUT2D eigenvalue weighted by Crippen LogP contribution is 2.27. The highest BCUT2D eigenvalue weighted by Gasteiger charge is 2.24. The molecule has 0 aliphatic carbocycles. The van der Waals surface area contributed by atoms with Crippen molar-refractivity contribution in [2.75, 3.05) is 11.9 Å². The maximum absolute atomic E-state index is 7.40. The first kappa shape index (κ1) is 13.5. The van der Waals surface area contributed by atoms with E-state index in [0.717, 1.165) is 5.69 Å². The van der Waals surface area contributed by atoms with E-state index in [1.54, 1.807) is 6.20 Å². The van der Waals surface area contributed by atoms with E-state index in [0.29, 0.717) is 11.7 Å². The topological polar surface area (TPSA) is 66.0 Å². The zero-order valence-corrected chi connectivity index (χ0v) is 11.3. The number of anilines is 1. The minimum atomic E-state index is 0.00339. The van der Waals surface area contributed by atoms with Gasteiger partial charge in [-0.25, -0.2) is 0 Å². The van der Waals surface area contributed by atoms with Crippen molar-refractivity contribution < 1.29 is 0 Å². The molecule has 1 unspecified atom stereocenters. The van der Waals surface area contributed by atoms with Gasteiger partial charge in [-0.3, -0.25) is 10.4 Å². The summed E-state index contributed by atoms with van der Waals surface area (Å²) in [6.45, 7) is 8.82. The molecular formula is C13H22N4. The number of amidine groups is 1. The van der Waals surface area contributed by atoms with Crippen LogP contribution in [-0.2, 0) is 0 Å². The minimum Gasteiger partial charge on any atom is -0.382 e. The van der Waals surface area contributed by atoms with Crippen molar-refractivity contribution in [3.8, 4) is 0 Å². The molecule has 17 heavy (non-hydrogen) atoms. The van der Waals surface area contributed by atoms with Crippen LogP contribution >= 0.6 is 0 Å². The van der Waals surface area contributed by atoms with Crippen molar-refractivity contribution in [1.29, 1.82) is 5.41 Å². The molecule has 0 saturated carbocycles. The molecule has 0 bridgehead atoms. The van der Waals surface area contributed by atoms with Crippen molar-refractivity contribution in [2.24, 2.45) is 11.1 Å². The zero-order valence-electron chi connectivity index (χ0n) is 11.3. The summed E-state index contributed by atoms with van der Waals surface area (Å²) in [4.78, 5) is 6.26. The Morgan fingerprint density at radius 1 is 1.47 bits per heavy atom. The Labute approximate surface area is 103 Å². The second-order valence-electron chi connectivity index (χ2n) is 5.47. The third-order valence-corrected chi connectivity index (χ3v) is 3.26. The van der Waals surface area contributed by atoms with E-state index >= 15 is 0 Å². The van der Waals surface area contributed by atoms with Gasteiger partial charge >= 0.3 is 0 Å². The molecule has 1 rings (SSSR count). The first-order valence-electron chi connectivity index (χ1n) is 5.76. The third-order valence-electron chi connectivity index (χ3n) is 3.26. The lowest BCUT2D eigenvalue weighted by atomic mass is 9.87. The van der Waals surface area contributed by atoms with Crippen LogP contribution in [0.5, 0.6) is 0 Å². The van der Waals surface area contributed by atoms with Gasteiger partial charge in [-0.15, -0.1) is 0 Å². The highest BCUT2D eigenvalue weighted by molar-refractivity contribution is 5.93.